The number of rotatable bonds is 6. The van der Waals surface area contributed by atoms with Crippen molar-refractivity contribution in [3.63, 3.8) is 0 Å². The van der Waals surface area contributed by atoms with E-state index in [2.05, 4.69) is 24.4 Å². The molecule has 0 bridgehead atoms. The Morgan fingerprint density at radius 2 is 1.86 bits per heavy atom. The third-order valence-corrected chi connectivity index (χ3v) is 6.07. The lowest BCUT2D eigenvalue weighted by Gasteiger charge is -2.22. The van der Waals surface area contributed by atoms with Gasteiger partial charge in [-0.3, -0.25) is 9.59 Å². The maximum absolute atomic E-state index is 12.5. The van der Waals surface area contributed by atoms with E-state index in [4.69, 9.17) is 4.98 Å². The summed E-state index contributed by atoms with van der Waals surface area (Å²) >= 11 is 1.66. The standard InChI is InChI=1S/C22H26N4O2S/c1-14-6-11-18-19(12-14)29-22(24-18)16-7-9-17(10-8-16)23-21(28)15(2)26(5)13-20(27)25(3)4/h6-12,15H,13H2,1-5H3,(H,23,28)/p+1/t15-/m0/s1. The van der Waals surface area contributed by atoms with Crippen molar-refractivity contribution in [3.8, 4) is 10.6 Å². The minimum atomic E-state index is -0.342. The third kappa shape index (κ3) is 4.99. The number of likely N-dealkylation sites (N-methyl/N-ethyl adjacent to an activating group) is 2. The smallest absolute Gasteiger partial charge is 0.282 e. The topological polar surface area (TPSA) is 66.7 Å². The number of fused-ring (bicyclic) bond motifs is 1. The van der Waals surface area contributed by atoms with Crippen molar-refractivity contribution in [3.05, 3.63) is 48.0 Å². The molecule has 0 spiro atoms. The van der Waals surface area contributed by atoms with Crippen molar-refractivity contribution in [1.82, 2.24) is 9.88 Å². The van der Waals surface area contributed by atoms with E-state index < -0.39 is 0 Å². The van der Waals surface area contributed by atoms with Gasteiger partial charge in [0.1, 0.15) is 5.01 Å². The fraction of sp³-hybridized carbons (Fsp3) is 0.318. The van der Waals surface area contributed by atoms with Crippen molar-refractivity contribution in [2.24, 2.45) is 0 Å². The van der Waals surface area contributed by atoms with Crippen LogP contribution in [-0.4, -0.2) is 55.4 Å². The zero-order valence-corrected chi connectivity index (χ0v) is 18.3. The Hall–Kier alpha value is -2.77. The lowest BCUT2D eigenvalue weighted by molar-refractivity contribution is -0.886. The molecular weight excluding hydrogens is 384 g/mol. The van der Waals surface area contributed by atoms with Gasteiger partial charge in [0.2, 0.25) is 0 Å². The average Bonchev–Trinajstić information content (AvgIpc) is 3.10. The number of nitrogens with zero attached hydrogens (tertiary/aromatic N) is 2. The number of nitrogens with one attached hydrogen (secondary N) is 2. The molecule has 0 saturated carbocycles. The van der Waals surface area contributed by atoms with Gasteiger partial charge in [-0.2, -0.15) is 0 Å². The first-order valence-corrected chi connectivity index (χ1v) is 10.4. The monoisotopic (exact) mass is 411 g/mol. The molecule has 6 nitrogen and oxygen atoms in total. The Balaban J connectivity index is 1.66. The highest BCUT2D eigenvalue weighted by molar-refractivity contribution is 7.21. The zero-order chi connectivity index (χ0) is 21.1. The Bertz CT molecular complexity index is 1030. The van der Waals surface area contributed by atoms with Crippen LogP contribution < -0.4 is 10.2 Å². The SMILES string of the molecule is Cc1ccc2nc(-c3ccc(NC(=O)[C@H](C)[NH+](C)CC(=O)N(C)C)cc3)sc2c1. The van der Waals surface area contributed by atoms with E-state index in [1.807, 2.05) is 44.3 Å². The summed E-state index contributed by atoms with van der Waals surface area (Å²) in [4.78, 5) is 31.5. The van der Waals surface area contributed by atoms with Crippen LogP contribution >= 0.6 is 11.3 Å². The van der Waals surface area contributed by atoms with Crippen LogP contribution in [0, 0.1) is 6.92 Å². The molecule has 0 aliphatic carbocycles. The van der Waals surface area contributed by atoms with Gasteiger partial charge >= 0.3 is 0 Å². The summed E-state index contributed by atoms with van der Waals surface area (Å²) in [6.45, 7) is 4.18. The van der Waals surface area contributed by atoms with E-state index in [1.54, 1.807) is 25.4 Å². The van der Waals surface area contributed by atoms with Gasteiger partial charge in [0.25, 0.3) is 11.8 Å². The van der Waals surface area contributed by atoms with Gasteiger partial charge in [0.15, 0.2) is 12.6 Å². The van der Waals surface area contributed by atoms with Gasteiger partial charge in [-0.15, -0.1) is 11.3 Å². The number of anilines is 1. The highest BCUT2D eigenvalue weighted by atomic mass is 32.1. The molecule has 2 amide bonds. The van der Waals surface area contributed by atoms with E-state index in [0.29, 0.717) is 0 Å². The summed E-state index contributed by atoms with van der Waals surface area (Å²) < 4.78 is 1.17. The number of amides is 2. The van der Waals surface area contributed by atoms with Crippen molar-refractivity contribution in [2.75, 3.05) is 33.0 Å². The fourth-order valence-electron chi connectivity index (χ4n) is 2.88. The molecule has 3 aromatic rings. The first-order valence-electron chi connectivity index (χ1n) is 9.55. The fourth-order valence-corrected chi connectivity index (χ4v) is 3.94. The van der Waals surface area contributed by atoms with Crippen LogP contribution in [0.3, 0.4) is 0 Å². The number of aryl methyl sites for hydroxylation is 1. The predicted octanol–water partition coefficient (Wildman–Crippen LogP) is 2.20. The van der Waals surface area contributed by atoms with Gasteiger partial charge in [0.05, 0.1) is 17.3 Å². The van der Waals surface area contributed by atoms with Gasteiger partial charge < -0.3 is 15.1 Å². The molecule has 2 aromatic carbocycles. The Labute approximate surface area is 175 Å². The molecule has 3 rings (SSSR count). The molecule has 0 fully saturated rings. The van der Waals surface area contributed by atoms with E-state index >= 15 is 0 Å². The first kappa shape index (κ1) is 21.0. The summed E-state index contributed by atoms with van der Waals surface area (Å²) in [5.41, 5.74) is 3.97. The normalized spacial score (nSPS) is 13.1. The minimum absolute atomic E-state index is 0.00229. The molecule has 0 aliphatic rings. The minimum Gasteiger partial charge on any atom is -0.344 e. The van der Waals surface area contributed by atoms with E-state index in [-0.39, 0.29) is 24.4 Å². The van der Waals surface area contributed by atoms with E-state index in [9.17, 15) is 9.59 Å². The van der Waals surface area contributed by atoms with Crippen LogP contribution in [-0.2, 0) is 9.59 Å². The first-order chi connectivity index (χ1) is 13.7. The highest BCUT2D eigenvalue weighted by Gasteiger charge is 2.24. The van der Waals surface area contributed by atoms with Crippen molar-refractivity contribution in [2.45, 2.75) is 19.9 Å². The second-order valence-corrected chi connectivity index (χ2v) is 8.62. The zero-order valence-electron chi connectivity index (χ0n) is 17.4. The quantitative estimate of drug-likeness (QED) is 0.654. The summed E-state index contributed by atoms with van der Waals surface area (Å²) in [5.74, 6) is -0.116. The van der Waals surface area contributed by atoms with Gasteiger partial charge in [-0.1, -0.05) is 6.07 Å². The van der Waals surface area contributed by atoms with Gasteiger partial charge in [0, 0.05) is 25.3 Å². The number of carbonyl (C=O) groups is 2. The van der Waals surface area contributed by atoms with Crippen molar-refractivity contribution < 1.29 is 14.5 Å². The number of hydrogen-bond donors (Lipinski definition) is 2. The summed E-state index contributed by atoms with van der Waals surface area (Å²) in [7, 11) is 5.28. The molecule has 1 heterocycles. The molecule has 152 valence electrons. The molecule has 2 N–H and O–H groups in total. The summed E-state index contributed by atoms with van der Waals surface area (Å²) in [6.07, 6.45) is 0. The van der Waals surface area contributed by atoms with Gasteiger partial charge in [-0.25, -0.2) is 4.98 Å². The molecular formula is C22H27N4O2S+. The van der Waals surface area contributed by atoms with Crippen LogP contribution in [0.25, 0.3) is 20.8 Å². The summed E-state index contributed by atoms with van der Waals surface area (Å²) in [6, 6.07) is 13.6. The molecule has 0 radical (unpaired) electrons. The molecule has 7 heteroatoms. The van der Waals surface area contributed by atoms with Crippen LogP contribution in [0.1, 0.15) is 12.5 Å². The number of benzene rings is 2. The van der Waals surface area contributed by atoms with E-state index in [1.165, 1.54) is 15.2 Å². The lowest BCUT2D eigenvalue weighted by atomic mass is 10.2. The van der Waals surface area contributed by atoms with Crippen molar-refractivity contribution >= 4 is 39.1 Å². The number of hydrogen-bond acceptors (Lipinski definition) is 4. The maximum atomic E-state index is 12.5. The number of aromatic nitrogens is 1. The molecule has 0 aliphatic heterocycles. The molecule has 0 saturated heterocycles. The van der Waals surface area contributed by atoms with Crippen LogP contribution in [0.15, 0.2) is 42.5 Å². The maximum Gasteiger partial charge on any atom is 0.282 e. The Kier molecular flexibility index (Phi) is 6.30. The Morgan fingerprint density at radius 1 is 1.17 bits per heavy atom. The number of quaternary nitrogens is 1. The summed E-state index contributed by atoms with van der Waals surface area (Å²) in [5, 5.41) is 3.90. The molecule has 1 aromatic heterocycles. The number of carbonyl (C=O) groups excluding carboxylic acids is 2. The second kappa shape index (κ2) is 8.71. The Morgan fingerprint density at radius 3 is 2.52 bits per heavy atom. The second-order valence-electron chi connectivity index (χ2n) is 7.59. The van der Waals surface area contributed by atoms with Crippen molar-refractivity contribution in [1.29, 1.82) is 0 Å². The van der Waals surface area contributed by atoms with Crippen LogP contribution in [0.2, 0.25) is 0 Å². The molecule has 29 heavy (non-hydrogen) atoms. The molecule has 1 unspecified atom stereocenters. The largest absolute Gasteiger partial charge is 0.344 e. The third-order valence-electron chi connectivity index (χ3n) is 5.00. The number of thiazole rings is 1. The lowest BCUT2D eigenvalue weighted by Crippen LogP contribution is -3.15. The predicted molar refractivity (Wildman–Crippen MR) is 118 cm³/mol. The average molecular weight is 412 g/mol. The van der Waals surface area contributed by atoms with Crippen LogP contribution in [0.4, 0.5) is 5.69 Å². The van der Waals surface area contributed by atoms with E-state index in [0.717, 1.165) is 26.7 Å². The highest BCUT2D eigenvalue weighted by Crippen LogP contribution is 2.31. The van der Waals surface area contributed by atoms with Gasteiger partial charge in [-0.05, 0) is 55.8 Å². The van der Waals surface area contributed by atoms with Crippen LogP contribution in [0.5, 0.6) is 0 Å². The molecule has 2 atom stereocenters.